The summed E-state index contributed by atoms with van der Waals surface area (Å²) in [6.07, 6.45) is 2.72. The number of para-hydroxylation sites is 1. The first-order valence-electron chi connectivity index (χ1n) is 7.34. The third-order valence-electron chi connectivity index (χ3n) is 3.98. The lowest BCUT2D eigenvalue weighted by atomic mass is 9.87. The van der Waals surface area contributed by atoms with Gasteiger partial charge in [-0.15, -0.1) is 0 Å². The number of carbonyl (C=O) groups excluding carboxylic acids is 1. The first-order chi connectivity index (χ1) is 9.70. The van der Waals surface area contributed by atoms with E-state index in [2.05, 4.69) is 17.1 Å². The number of piperidine rings is 1. The minimum absolute atomic E-state index is 0.155. The average molecular weight is 276 g/mol. The maximum atomic E-state index is 12.3. The van der Waals surface area contributed by atoms with Crippen molar-refractivity contribution in [1.82, 2.24) is 4.90 Å². The number of methoxy groups -OCH3 is 1. The van der Waals surface area contributed by atoms with Gasteiger partial charge in [0, 0.05) is 18.8 Å². The van der Waals surface area contributed by atoms with Crippen LogP contribution in [0.25, 0.3) is 0 Å². The predicted octanol–water partition coefficient (Wildman–Crippen LogP) is 2.52. The standard InChI is InChI=1S/C16H24N2O2/c1-3-11-18-12-9-16(10-13-18,15(19)20-2)17-14-7-5-4-6-8-14/h4-8,17H,3,9-13H2,1-2H3. The summed E-state index contributed by atoms with van der Waals surface area (Å²) >= 11 is 0. The van der Waals surface area contributed by atoms with Crippen LogP contribution in [0.3, 0.4) is 0 Å². The van der Waals surface area contributed by atoms with E-state index in [0.29, 0.717) is 0 Å². The second kappa shape index (κ2) is 6.75. The molecule has 0 amide bonds. The van der Waals surface area contributed by atoms with E-state index < -0.39 is 5.54 Å². The highest BCUT2D eigenvalue weighted by atomic mass is 16.5. The minimum Gasteiger partial charge on any atom is -0.467 e. The number of carbonyl (C=O) groups is 1. The average Bonchev–Trinajstić information content (AvgIpc) is 2.50. The van der Waals surface area contributed by atoms with Gasteiger partial charge in [0.15, 0.2) is 0 Å². The van der Waals surface area contributed by atoms with Crippen LogP contribution in [-0.2, 0) is 9.53 Å². The smallest absolute Gasteiger partial charge is 0.331 e. The molecule has 2 rings (SSSR count). The number of nitrogens with one attached hydrogen (secondary N) is 1. The van der Waals surface area contributed by atoms with Gasteiger partial charge in [0.2, 0.25) is 0 Å². The van der Waals surface area contributed by atoms with E-state index >= 15 is 0 Å². The number of hydrogen-bond donors (Lipinski definition) is 1. The van der Waals surface area contributed by atoms with Crippen LogP contribution < -0.4 is 5.32 Å². The van der Waals surface area contributed by atoms with Gasteiger partial charge >= 0.3 is 5.97 Å². The van der Waals surface area contributed by atoms with Crippen LogP contribution in [-0.4, -0.2) is 43.2 Å². The number of esters is 1. The quantitative estimate of drug-likeness (QED) is 0.839. The number of anilines is 1. The molecule has 1 fully saturated rings. The van der Waals surface area contributed by atoms with Crippen molar-refractivity contribution in [2.45, 2.75) is 31.7 Å². The highest BCUT2D eigenvalue weighted by molar-refractivity contribution is 5.84. The minimum atomic E-state index is -0.583. The van der Waals surface area contributed by atoms with Gasteiger partial charge < -0.3 is 15.0 Å². The van der Waals surface area contributed by atoms with Crippen molar-refractivity contribution in [3.63, 3.8) is 0 Å². The van der Waals surface area contributed by atoms with Crippen molar-refractivity contribution in [1.29, 1.82) is 0 Å². The fourth-order valence-electron chi connectivity index (χ4n) is 2.85. The lowest BCUT2D eigenvalue weighted by Crippen LogP contribution is -2.55. The molecule has 1 heterocycles. The van der Waals surface area contributed by atoms with Gasteiger partial charge in [0.1, 0.15) is 5.54 Å². The number of rotatable bonds is 5. The molecule has 0 bridgehead atoms. The van der Waals surface area contributed by atoms with Crippen LogP contribution in [0.1, 0.15) is 26.2 Å². The molecule has 1 aromatic rings. The van der Waals surface area contributed by atoms with Crippen LogP contribution >= 0.6 is 0 Å². The summed E-state index contributed by atoms with van der Waals surface area (Å²) < 4.78 is 5.04. The van der Waals surface area contributed by atoms with E-state index in [0.717, 1.165) is 44.6 Å². The molecule has 1 saturated heterocycles. The second-order valence-electron chi connectivity index (χ2n) is 5.41. The zero-order chi connectivity index (χ0) is 14.4. The number of nitrogens with zero attached hydrogens (tertiary/aromatic N) is 1. The van der Waals surface area contributed by atoms with E-state index in [1.807, 2.05) is 30.3 Å². The lowest BCUT2D eigenvalue weighted by molar-refractivity contribution is -0.147. The molecule has 0 unspecified atom stereocenters. The molecule has 1 aliphatic rings. The maximum absolute atomic E-state index is 12.3. The van der Waals surface area contributed by atoms with Gasteiger partial charge in [0.05, 0.1) is 7.11 Å². The monoisotopic (exact) mass is 276 g/mol. The van der Waals surface area contributed by atoms with Crippen molar-refractivity contribution in [3.05, 3.63) is 30.3 Å². The zero-order valence-electron chi connectivity index (χ0n) is 12.4. The Bertz CT molecular complexity index is 425. The Morgan fingerprint density at radius 3 is 2.50 bits per heavy atom. The van der Waals surface area contributed by atoms with Gasteiger partial charge in [-0.3, -0.25) is 0 Å². The molecule has 4 nitrogen and oxygen atoms in total. The summed E-state index contributed by atoms with van der Waals surface area (Å²) in [5.41, 5.74) is 0.391. The Morgan fingerprint density at radius 1 is 1.30 bits per heavy atom. The summed E-state index contributed by atoms with van der Waals surface area (Å²) in [4.78, 5) is 14.7. The van der Waals surface area contributed by atoms with Crippen molar-refractivity contribution >= 4 is 11.7 Å². The summed E-state index contributed by atoms with van der Waals surface area (Å²) in [6.45, 7) is 5.15. The Hall–Kier alpha value is -1.55. The molecule has 4 heteroatoms. The van der Waals surface area contributed by atoms with E-state index in [1.165, 1.54) is 7.11 Å². The molecule has 110 valence electrons. The van der Waals surface area contributed by atoms with E-state index in [9.17, 15) is 4.79 Å². The normalized spacial score (nSPS) is 18.5. The number of ether oxygens (including phenoxy) is 1. The van der Waals surface area contributed by atoms with Gasteiger partial charge in [-0.25, -0.2) is 4.79 Å². The molecule has 0 aromatic heterocycles. The van der Waals surface area contributed by atoms with E-state index in [4.69, 9.17) is 4.74 Å². The van der Waals surface area contributed by atoms with Crippen molar-refractivity contribution in [2.75, 3.05) is 32.1 Å². The number of benzene rings is 1. The van der Waals surface area contributed by atoms with E-state index in [1.54, 1.807) is 0 Å². The van der Waals surface area contributed by atoms with Crippen LogP contribution in [0.15, 0.2) is 30.3 Å². The Morgan fingerprint density at radius 2 is 1.95 bits per heavy atom. The molecule has 0 aliphatic carbocycles. The highest BCUT2D eigenvalue weighted by Crippen LogP contribution is 2.28. The molecule has 20 heavy (non-hydrogen) atoms. The molecule has 1 N–H and O–H groups in total. The topological polar surface area (TPSA) is 41.6 Å². The molecule has 1 aromatic carbocycles. The Labute approximate surface area is 121 Å². The van der Waals surface area contributed by atoms with Crippen LogP contribution in [0.5, 0.6) is 0 Å². The third-order valence-corrected chi connectivity index (χ3v) is 3.98. The molecule has 0 radical (unpaired) electrons. The largest absolute Gasteiger partial charge is 0.467 e. The summed E-state index contributed by atoms with van der Waals surface area (Å²) in [5.74, 6) is -0.155. The van der Waals surface area contributed by atoms with Gasteiger partial charge in [-0.1, -0.05) is 25.1 Å². The predicted molar refractivity (Wildman–Crippen MR) is 80.8 cm³/mol. The molecular formula is C16H24N2O2. The first-order valence-corrected chi connectivity index (χ1v) is 7.34. The van der Waals surface area contributed by atoms with Crippen LogP contribution in [0, 0.1) is 0 Å². The van der Waals surface area contributed by atoms with E-state index in [-0.39, 0.29) is 5.97 Å². The molecule has 1 aliphatic heterocycles. The van der Waals surface area contributed by atoms with Gasteiger partial charge in [-0.05, 0) is 37.9 Å². The van der Waals surface area contributed by atoms with Crippen molar-refractivity contribution in [3.8, 4) is 0 Å². The summed E-state index contributed by atoms with van der Waals surface area (Å²) in [7, 11) is 1.47. The van der Waals surface area contributed by atoms with Crippen molar-refractivity contribution < 1.29 is 9.53 Å². The molecule has 0 atom stereocenters. The highest BCUT2D eigenvalue weighted by Gasteiger charge is 2.42. The third kappa shape index (κ3) is 3.31. The molecular weight excluding hydrogens is 252 g/mol. The Balaban J connectivity index is 2.10. The van der Waals surface area contributed by atoms with Gasteiger partial charge in [0.25, 0.3) is 0 Å². The molecule has 0 saturated carbocycles. The van der Waals surface area contributed by atoms with Crippen LogP contribution in [0.4, 0.5) is 5.69 Å². The summed E-state index contributed by atoms with van der Waals surface area (Å²) in [6, 6.07) is 9.89. The second-order valence-corrected chi connectivity index (χ2v) is 5.41. The SMILES string of the molecule is CCCN1CCC(Nc2ccccc2)(C(=O)OC)CC1. The fourth-order valence-corrected chi connectivity index (χ4v) is 2.85. The first kappa shape index (κ1) is 14.9. The fraction of sp³-hybridized carbons (Fsp3) is 0.562. The zero-order valence-corrected chi connectivity index (χ0v) is 12.4. The lowest BCUT2D eigenvalue weighted by Gasteiger charge is -2.40. The summed E-state index contributed by atoms with van der Waals surface area (Å²) in [5, 5.41) is 3.41. The Kier molecular flexibility index (Phi) is 5.01. The number of hydrogen-bond acceptors (Lipinski definition) is 4. The molecule has 0 spiro atoms. The number of likely N-dealkylation sites (tertiary alicyclic amines) is 1. The van der Waals surface area contributed by atoms with Gasteiger partial charge in [-0.2, -0.15) is 0 Å². The van der Waals surface area contributed by atoms with Crippen molar-refractivity contribution in [2.24, 2.45) is 0 Å². The maximum Gasteiger partial charge on any atom is 0.331 e. The van der Waals surface area contributed by atoms with Crippen LogP contribution in [0.2, 0.25) is 0 Å².